The molecule has 0 aromatic heterocycles. The SMILES string of the molecule is C#CC(CCC)NS(=O)(=O)c1ccc(Br)cc1F. The van der Waals surface area contributed by atoms with Gasteiger partial charge in [-0.05, 0) is 24.6 Å². The highest BCUT2D eigenvalue weighted by Gasteiger charge is 2.21. The zero-order chi connectivity index (χ0) is 13.8. The number of halogens is 2. The zero-order valence-electron chi connectivity index (χ0n) is 9.78. The maximum absolute atomic E-state index is 13.6. The lowest BCUT2D eigenvalue weighted by atomic mass is 10.2. The quantitative estimate of drug-likeness (QED) is 0.842. The Labute approximate surface area is 115 Å². The van der Waals surface area contributed by atoms with Gasteiger partial charge in [-0.1, -0.05) is 35.2 Å². The van der Waals surface area contributed by atoms with Crippen LogP contribution >= 0.6 is 15.9 Å². The second kappa shape index (κ2) is 6.32. The standard InChI is InChI=1S/C12H13BrFNO2S/c1-3-5-10(4-2)15-18(16,17)12-7-6-9(13)8-11(12)14/h2,6-8,10,15H,3,5H2,1H3. The average Bonchev–Trinajstić information content (AvgIpc) is 2.27. The fourth-order valence-corrected chi connectivity index (χ4v) is 2.99. The number of nitrogens with one attached hydrogen (secondary N) is 1. The summed E-state index contributed by atoms with van der Waals surface area (Å²) in [5.41, 5.74) is 0. The fraction of sp³-hybridized carbons (Fsp3) is 0.333. The Kier molecular flexibility index (Phi) is 5.32. The molecule has 0 aliphatic rings. The first kappa shape index (κ1) is 15.2. The third-order valence-corrected chi connectivity index (χ3v) is 4.26. The normalized spacial score (nSPS) is 13.0. The van der Waals surface area contributed by atoms with Crippen molar-refractivity contribution in [3.63, 3.8) is 0 Å². The third kappa shape index (κ3) is 3.80. The topological polar surface area (TPSA) is 46.2 Å². The molecule has 1 unspecified atom stereocenters. The minimum Gasteiger partial charge on any atom is -0.207 e. The third-order valence-electron chi connectivity index (χ3n) is 2.26. The molecule has 0 aliphatic carbocycles. The van der Waals surface area contributed by atoms with Crippen molar-refractivity contribution in [3.8, 4) is 12.3 Å². The molecule has 1 N–H and O–H groups in total. The summed E-state index contributed by atoms with van der Waals surface area (Å²) >= 11 is 3.06. The Morgan fingerprint density at radius 3 is 2.72 bits per heavy atom. The van der Waals surface area contributed by atoms with E-state index in [4.69, 9.17) is 6.42 Å². The lowest BCUT2D eigenvalue weighted by Crippen LogP contribution is -2.34. The monoisotopic (exact) mass is 333 g/mol. The maximum atomic E-state index is 13.6. The van der Waals surface area contributed by atoms with Crippen molar-refractivity contribution in [2.75, 3.05) is 0 Å². The smallest absolute Gasteiger partial charge is 0.207 e. The van der Waals surface area contributed by atoms with E-state index in [0.717, 1.165) is 12.5 Å². The van der Waals surface area contributed by atoms with Crippen LogP contribution in [0.5, 0.6) is 0 Å². The van der Waals surface area contributed by atoms with E-state index >= 15 is 0 Å². The van der Waals surface area contributed by atoms with Gasteiger partial charge in [-0.15, -0.1) is 6.42 Å². The number of rotatable bonds is 5. The van der Waals surface area contributed by atoms with Crippen LogP contribution in [-0.4, -0.2) is 14.5 Å². The van der Waals surface area contributed by atoms with Crippen molar-refractivity contribution in [2.24, 2.45) is 0 Å². The molecule has 98 valence electrons. The molecular formula is C12H13BrFNO2S. The molecule has 0 fully saturated rings. The predicted molar refractivity (Wildman–Crippen MR) is 72.0 cm³/mol. The Bertz CT molecular complexity index is 566. The van der Waals surface area contributed by atoms with E-state index in [9.17, 15) is 12.8 Å². The first-order valence-electron chi connectivity index (χ1n) is 5.34. The van der Waals surface area contributed by atoms with Crippen molar-refractivity contribution in [1.29, 1.82) is 0 Å². The molecule has 1 aromatic rings. The van der Waals surface area contributed by atoms with Gasteiger partial charge in [0, 0.05) is 4.47 Å². The fourth-order valence-electron chi connectivity index (χ4n) is 1.41. The van der Waals surface area contributed by atoms with Gasteiger partial charge in [0.2, 0.25) is 10.0 Å². The van der Waals surface area contributed by atoms with Gasteiger partial charge in [-0.2, -0.15) is 4.72 Å². The summed E-state index contributed by atoms with van der Waals surface area (Å²) in [6.45, 7) is 1.89. The highest BCUT2D eigenvalue weighted by atomic mass is 79.9. The molecule has 1 atom stereocenters. The molecule has 0 saturated carbocycles. The van der Waals surface area contributed by atoms with Gasteiger partial charge in [-0.25, -0.2) is 12.8 Å². The summed E-state index contributed by atoms with van der Waals surface area (Å²) in [6.07, 6.45) is 6.47. The summed E-state index contributed by atoms with van der Waals surface area (Å²) in [4.78, 5) is -0.401. The lowest BCUT2D eigenvalue weighted by molar-refractivity contribution is 0.545. The minimum atomic E-state index is -3.93. The van der Waals surface area contributed by atoms with Gasteiger partial charge in [0.1, 0.15) is 10.7 Å². The van der Waals surface area contributed by atoms with E-state index < -0.39 is 26.8 Å². The molecule has 3 nitrogen and oxygen atoms in total. The molecule has 18 heavy (non-hydrogen) atoms. The average molecular weight is 334 g/mol. The Morgan fingerprint density at radius 1 is 1.56 bits per heavy atom. The molecule has 0 bridgehead atoms. The van der Waals surface area contributed by atoms with Crippen molar-refractivity contribution < 1.29 is 12.8 Å². The molecule has 1 aromatic carbocycles. The van der Waals surface area contributed by atoms with Gasteiger partial charge in [0.05, 0.1) is 6.04 Å². The number of benzene rings is 1. The van der Waals surface area contributed by atoms with Crippen LogP contribution < -0.4 is 4.72 Å². The van der Waals surface area contributed by atoms with Gasteiger partial charge >= 0.3 is 0 Å². The highest BCUT2D eigenvalue weighted by Crippen LogP contribution is 2.19. The maximum Gasteiger partial charge on any atom is 0.244 e. The van der Waals surface area contributed by atoms with Gasteiger partial charge in [-0.3, -0.25) is 0 Å². The Hall–Kier alpha value is -0.900. The molecular weight excluding hydrogens is 321 g/mol. The van der Waals surface area contributed by atoms with E-state index in [1.54, 1.807) is 0 Å². The molecule has 0 spiro atoms. The van der Waals surface area contributed by atoms with E-state index in [0.29, 0.717) is 10.9 Å². The molecule has 0 aliphatic heterocycles. The number of hydrogen-bond acceptors (Lipinski definition) is 2. The van der Waals surface area contributed by atoms with Crippen LogP contribution in [-0.2, 0) is 10.0 Å². The molecule has 0 heterocycles. The summed E-state index contributed by atoms with van der Waals surface area (Å²) in [7, 11) is -3.93. The van der Waals surface area contributed by atoms with Crippen LogP contribution in [0.1, 0.15) is 19.8 Å². The number of terminal acetylenes is 1. The summed E-state index contributed by atoms with van der Waals surface area (Å²) < 4.78 is 40.3. The van der Waals surface area contributed by atoms with E-state index in [1.807, 2.05) is 6.92 Å². The van der Waals surface area contributed by atoms with E-state index in [2.05, 4.69) is 26.6 Å². The van der Waals surface area contributed by atoms with Crippen molar-refractivity contribution >= 4 is 26.0 Å². The summed E-state index contributed by atoms with van der Waals surface area (Å²) in [5.74, 6) is 1.52. The van der Waals surface area contributed by atoms with E-state index in [1.165, 1.54) is 12.1 Å². The van der Waals surface area contributed by atoms with Crippen molar-refractivity contribution in [2.45, 2.75) is 30.7 Å². The largest absolute Gasteiger partial charge is 0.244 e. The van der Waals surface area contributed by atoms with E-state index in [-0.39, 0.29) is 0 Å². The molecule has 0 amide bonds. The zero-order valence-corrected chi connectivity index (χ0v) is 12.2. The first-order valence-corrected chi connectivity index (χ1v) is 7.62. The number of sulfonamides is 1. The lowest BCUT2D eigenvalue weighted by Gasteiger charge is -2.13. The van der Waals surface area contributed by atoms with Crippen LogP contribution in [0.25, 0.3) is 0 Å². The van der Waals surface area contributed by atoms with Crippen LogP contribution in [0, 0.1) is 18.2 Å². The van der Waals surface area contributed by atoms with Crippen LogP contribution in [0.2, 0.25) is 0 Å². The summed E-state index contributed by atoms with van der Waals surface area (Å²) in [5, 5.41) is 0. The molecule has 6 heteroatoms. The Morgan fingerprint density at radius 2 is 2.22 bits per heavy atom. The van der Waals surface area contributed by atoms with Crippen molar-refractivity contribution in [3.05, 3.63) is 28.5 Å². The second-order valence-corrected chi connectivity index (χ2v) is 6.30. The van der Waals surface area contributed by atoms with Crippen molar-refractivity contribution in [1.82, 2.24) is 4.72 Å². The van der Waals surface area contributed by atoms with Gasteiger partial charge < -0.3 is 0 Å². The van der Waals surface area contributed by atoms with Gasteiger partial charge in [0.25, 0.3) is 0 Å². The molecule has 0 saturated heterocycles. The summed E-state index contributed by atoms with van der Waals surface area (Å²) in [6, 6.07) is 3.13. The Balaban J connectivity index is 3.03. The van der Waals surface area contributed by atoms with Crippen LogP contribution in [0.15, 0.2) is 27.6 Å². The first-order chi connectivity index (χ1) is 8.40. The van der Waals surface area contributed by atoms with Crippen LogP contribution in [0.4, 0.5) is 4.39 Å². The molecule has 1 rings (SSSR count). The number of hydrogen-bond donors (Lipinski definition) is 1. The van der Waals surface area contributed by atoms with Crippen LogP contribution in [0.3, 0.4) is 0 Å². The van der Waals surface area contributed by atoms with Gasteiger partial charge in [0.15, 0.2) is 0 Å². The minimum absolute atomic E-state index is 0.401. The predicted octanol–water partition coefficient (Wildman–Crippen LogP) is 2.67. The highest BCUT2D eigenvalue weighted by molar-refractivity contribution is 9.10. The molecule has 0 radical (unpaired) electrons. The second-order valence-electron chi connectivity index (χ2n) is 3.70.